The van der Waals surface area contributed by atoms with Gasteiger partial charge in [-0.15, -0.1) is 0 Å². The van der Waals surface area contributed by atoms with Gasteiger partial charge in [-0.05, 0) is 19.1 Å². The topological polar surface area (TPSA) is 77.0 Å². The number of methoxy groups -OCH3 is 1. The molecule has 0 amide bonds. The van der Waals surface area contributed by atoms with Gasteiger partial charge < -0.3 is 24.6 Å². The van der Waals surface area contributed by atoms with Crippen molar-refractivity contribution in [2.45, 2.75) is 13.0 Å². The van der Waals surface area contributed by atoms with Crippen LogP contribution in [0.25, 0.3) is 0 Å². The maximum Gasteiger partial charge on any atom is 0.319 e. The van der Waals surface area contributed by atoms with E-state index in [4.69, 9.17) is 14.2 Å². The minimum atomic E-state index is -0.727. The molecule has 0 aliphatic carbocycles. The van der Waals surface area contributed by atoms with Crippen molar-refractivity contribution < 1.29 is 24.1 Å². The fraction of sp³-hybridized carbons (Fsp3) is 0.500. The molecule has 1 atom stereocenters. The van der Waals surface area contributed by atoms with Gasteiger partial charge in [0.25, 0.3) is 0 Å². The van der Waals surface area contributed by atoms with Crippen LogP contribution in [0.4, 0.5) is 0 Å². The third kappa shape index (κ3) is 5.90. The van der Waals surface area contributed by atoms with Gasteiger partial charge in [0.15, 0.2) is 11.5 Å². The van der Waals surface area contributed by atoms with Crippen molar-refractivity contribution in [3.05, 3.63) is 24.3 Å². The van der Waals surface area contributed by atoms with Crippen molar-refractivity contribution in [3.8, 4) is 11.5 Å². The lowest BCUT2D eigenvalue weighted by Gasteiger charge is -2.14. The Morgan fingerprint density at radius 1 is 1.35 bits per heavy atom. The molecule has 6 heteroatoms. The maximum absolute atomic E-state index is 11.1. The molecule has 0 bridgehead atoms. The highest BCUT2D eigenvalue weighted by Crippen LogP contribution is 2.25. The molecular weight excluding hydrogens is 262 g/mol. The monoisotopic (exact) mass is 283 g/mol. The second kappa shape index (κ2) is 9.17. The summed E-state index contributed by atoms with van der Waals surface area (Å²) in [4.78, 5) is 11.1. The lowest BCUT2D eigenvalue weighted by atomic mass is 10.3. The molecule has 1 aromatic rings. The van der Waals surface area contributed by atoms with E-state index in [0.717, 1.165) is 0 Å². The van der Waals surface area contributed by atoms with Crippen LogP contribution in [0.15, 0.2) is 24.3 Å². The Labute approximate surface area is 118 Å². The molecule has 1 aromatic carbocycles. The zero-order valence-electron chi connectivity index (χ0n) is 11.8. The number of esters is 1. The minimum Gasteiger partial charge on any atom is -0.493 e. The number of hydrogen-bond donors (Lipinski definition) is 2. The number of aliphatic hydroxyl groups is 1. The second-order valence-corrected chi connectivity index (χ2v) is 4.05. The van der Waals surface area contributed by atoms with E-state index >= 15 is 0 Å². The standard InChI is InChI=1S/C14H21NO5/c1-3-19-14(17)9-15-8-11(16)10-20-13-7-5-4-6-12(13)18-2/h4-7,11,15-16H,3,8-10H2,1-2H3. The van der Waals surface area contributed by atoms with Crippen LogP contribution < -0.4 is 14.8 Å². The molecule has 0 aliphatic rings. The summed E-state index contributed by atoms with van der Waals surface area (Å²) >= 11 is 0. The number of aliphatic hydroxyl groups excluding tert-OH is 1. The quantitative estimate of drug-likeness (QED) is 0.646. The van der Waals surface area contributed by atoms with Crippen LogP contribution in [0, 0.1) is 0 Å². The molecule has 0 saturated heterocycles. The summed E-state index contributed by atoms with van der Waals surface area (Å²) in [6.45, 7) is 2.51. The summed E-state index contributed by atoms with van der Waals surface area (Å²) in [6, 6.07) is 7.20. The normalized spacial score (nSPS) is 11.8. The molecule has 0 saturated carbocycles. The van der Waals surface area contributed by atoms with Crippen molar-refractivity contribution in [1.82, 2.24) is 5.32 Å². The number of nitrogens with one attached hydrogen (secondary N) is 1. The highest BCUT2D eigenvalue weighted by atomic mass is 16.5. The Hall–Kier alpha value is -1.79. The van der Waals surface area contributed by atoms with Crippen LogP contribution in [0.2, 0.25) is 0 Å². The summed E-state index contributed by atoms with van der Waals surface area (Å²) in [7, 11) is 1.56. The molecule has 0 aliphatic heterocycles. The van der Waals surface area contributed by atoms with E-state index in [0.29, 0.717) is 18.1 Å². The van der Waals surface area contributed by atoms with Gasteiger partial charge in [-0.25, -0.2) is 0 Å². The number of para-hydroxylation sites is 2. The van der Waals surface area contributed by atoms with Gasteiger partial charge in [0, 0.05) is 6.54 Å². The Morgan fingerprint density at radius 3 is 2.70 bits per heavy atom. The average Bonchev–Trinajstić information content (AvgIpc) is 2.45. The number of rotatable bonds is 9. The molecule has 0 spiro atoms. The van der Waals surface area contributed by atoms with Crippen molar-refractivity contribution in [2.24, 2.45) is 0 Å². The fourth-order valence-corrected chi connectivity index (χ4v) is 1.54. The first-order valence-electron chi connectivity index (χ1n) is 6.47. The van der Waals surface area contributed by atoms with E-state index in [1.54, 1.807) is 26.2 Å². The van der Waals surface area contributed by atoms with Crippen LogP contribution >= 0.6 is 0 Å². The number of carbonyl (C=O) groups excluding carboxylic acids is 1. The molecule has 0 heterocycles. The summed E-state index contributed by atoms with van der Waals surface area (Å²) in [5.74, 6) is 0.837. The number of benzene rings is 1. The largest absolute Gasteiger partial charge is 0.493 e. The van der Waals surface area contributed by atoms with Crippen LogP contribution in [-0.2, 0) is 9.53 Å². The van der Waals surface area contributed by atoms with Crippen LogP contribution in [0.3, 0.4) is 0 Å². The lowest BCUT2D eigenvalue weighted by Crippen LogP contribution is -2.35. The predicted octanol–water partition coefficient (Wildman–Crippen LogP) is 0.588. The SMILES string of the molecule is CCOC(=O)CNCC(O)COc1ccccc1OC. The maximum atomic E-state index is 11.1. The summed E-state index contributed by atoms with van der Waals surface area (Å²) in [5, 5.41) is 12.5. The van der Waals surface area contributed by atoms with E-state index in [2.05, 4.69) is 5.32 Å². The van der Waals surface area contributed by atoms with E-state index in [1.165, 1.54) is 0 Å². The molecular formula is C14H21NO5. The van der Waals surface area contributed by atoms with E-state index in [1.807, 2.05) is 12.1 Å². The first-order chi connectivity index (χ1) is 9.67. The lowest BCUT2D eigenvalue weighted by molar-refractivity contribution is -0.142. The molecule has 1 rings (SSSR count). The Balaban J connectivity index is 2.26. The van der Waals surface area contributed by atoms with Crippen molar-refractivity contribution in [1.29, 1.82) is 0 Å². The van der Waals surface area contributed by atoms with Crippen LogP contribution in [-0.4, -0.2) is 50.6 Å². The van der Waals surface area contributed by atoms with Crippen molar-refractivity contribution >= 4 is 5.97 Å². The van der Waals surface area contributed by atoms with E-state index in [9.17, 15) is 9.90 Å². The van der Waals surface area contributed by atoms with E-state index < -0.39 is 6.10 Å². The Bertz CT molecular complexity index is 410. The van der Waals surface area contributed by atoms with E-state index in [-0.39, 0.29) is 25.7 Å². The number of ether oxygens (including phenoxy) is 3. The fourth-order valence-electron chi connectivity index (χ4n) is 1.54. The first-order valence-corrected chi connectivity index (χ1v) is 6.47. The van der Waals surface area contributed by atoms with Gasteiger partial charge in [-0.1, -0.05) is 12.1 Å². The smallest absolute Gasteiger partial charge is 0.319 e. The van der Waals surface area contributed by atoms with Crippen LogP contribution in [0.5, 0.6) is 11.5 Å². The zero-order chi connectivity index (χ0) is 14.8. The molecule has 20 heavy (non-hydrogen) atoms. The molecule has 0 radical (unpaired) electrons. The Morgan fingerprint density at radius 2 is 2.05 bits per heavy atom. The molecule has 112 valence electrons. The summed E-state index contributed by atoms with van der Waals surface area (Å²) in [6.07, 6.45) is -0.727. The zero-order valence-corrected chi connectivity index (χ0v) is 11.8. The highest BCUT2D eigenvalue weighted by molar-refractivity contribution is 5.71. The van der Waals surface area contributed by atoms with Gasteiger partial charge in [-0.2, -0.15) is 0 Å². The number of carbonyl (C=O) groups is 1. The van der Waals surface area contributed by atoms with Gasteiger partial charge >= 0.3 is 5.97 Å². The Kier molecular flexibility index (Phi) is 7.46. The summed E-state index contributed by atoms with van der Waals surface area (Å²) in [5.41, 5.74) is 0. The van der Waals surface area contributed by atoms with Crippen molar-refractivity contribution in [3.63, 3.8) is 0 Å². The average molecular weight is 283 g/mol. The van der Waals surface area contributed by atoms with Gasteiger partial charge in [0.1, 0.15) is 12.7 Å². The third-order valence-electron chi connectivity index (χ3n) is 2.45. The number of hydrogen-bond acceptors (Lipinski definition) is 6. The highest BCUT2D eigenvalue weighted by Gasteiger charge is 2.09. The molecule has 0 fully saturated rings. The first kappa shape index (κ1) is 16.3. The molecule has 2 N–H and O–H groups in total. The third-order valence-corrected chi connectivity index (χ3v) is 2.45. The van der Waals surface area contributed by atoms with Crippen molar-refractivity contribution in [2.75, 3.05) is 33.4 Å². The van der Waals surface area contributed by atoms with Crippen LogP contribution in [0.1, 0.15) is 6.92 Å². The molecule has 1 unspecified atom stereocenters. The second-order valence-electron chi connectivity index (χ2n) is 4.05. The molecule has 0 aromatic heterocycles. The van der Waals surface area contributed by atoms with Gasteiger partial charge in [0.05, 0.1) is 20.3 Å². The van der Waals surface area contributed by atoms with Gasteiger partial charge in [-0.3, -0.25) is 4.79 Å². The predicted molar refractivity (Wildman–Crippen MR) is 74.0 cm³/mol. The van der Waals surface area contributed by atoms with Gasteiger partial charge in [0.2, 0.25) is 0 Å². The molecule has 6 nitrogen and oxygen atoms in total. The minimum absolute atomic E-state index is 0.0690. The summed E-state index contributed by atoms with van der Waals surface area (Å²) < 4.78 is 15.3.